The highest BCUT2D eigenvalue weighted by atomic mass is 32.2. The fraction of sp³-hybridized carbons (Fsp3) is 0.250. The minimum Gasteiger partial charge on any atom is -0.462 e. The normalized spacial score (nSPS) is 11.2. The van der Waals surface area contributed by atoms with E-state index in [1.165, 1.54) is 11.8 Å². The molecule has 0 radical (unpaired) electrons. The average Bonchev–Trinajstić information content (AvgIpc) is 2.27. The Kier molecular flexibility index (Phi) is 4.98. The van der Waals surface area contributed by atoms with Gasteiger partial charge in [-0.25, -0.2) is 4.79 Å². The molecular formula is C12H14O2S. The van der Waals surface area contributed by atoms with E-state index in [1.54, 1.807) is 6.92 Å². The van der Waals surface area contributed by atoms with Gasteiger partial charge in [0.1, 0.15) is 0 Å². The van der Waals surface area contributed by atoms with Crippen molar-refractivity contribution >= 4 is 23.8 Å². The Bertz CT molecular complexity index is 344. The van der Waals surface area contributed by atoms with Crippen LogP contribution in [-0.4, -0.2) is 18.8 Å². The zero-order valence-electron chi connectivity index (χ0n) is 8.90. The second-order valence-electron chi connectivity index (χ2n) is 2.84. The molecule has 0 bridgehead atoms. The number of thioether (sulfide) groups is 1. The Balaban J connectivity index is 2.83. The summed E-state index contributed by atoms with van der Waals surface area (Å²) in [5, 5.41) is 0. The second-order valence-corrected chi connectivity index (χ2v) is 3.69. The number of hydrogen-bond acceptors (Lipinski definition) is 3. The van der Waals surface area contributed by atoms with Crippen LogP contribution in [0.15, 0.2) is 35.2 Å². The van der Waals surface area contributed by atoms with E-state index >= 15 is 0 Å². The van der Waals surface area contributed by atoms with Crippen LogP contribution in [0.3, 0.4) is 0 Å². The van der Waals surface area contributed by atoms with Crippen molar-refractivity contribution in [2.75, 3.05) is 12.9 Å². The molecule has 0 fully saturated rings. The molecule has 1 aromatic rings. The molecule has 80 valence electrons. The Morgan fingerprint density at radius 1 is 1.40 bits per heavy atom. The number of benzene rings is 1. The van der Waals surface area contributed by atoms with Crippen molar-refractivity contribution in [3.63, 3.8) is 0 Å². The number of esters is 1. The molecule has 2 nitrogen and oxygen atoms in total. The van der Waals surface area contributed by atoms with E-state index in [0.29, 0.717) is 11.5 Å². The van der Waals surface area contributed by atoms with Gasteiger partial charge in [0.05, 0.1) is 11.5 Å². The van der Waals surface area contributed by atoms with Crippen LogP contribution in [0.1, 0.15) is 12.5 Å². The van der Waals surface area contributed by atoms with E-state index in [9.17, 15) is 4.79 Å². The standard InChI is InChI=1S/C12H14O2S/c1-3-14-12(13)11(15-2)9-10-7-5-4-6-8-10/h4-9H,3H2,1-2H3. The van der Waals surface area contributed by atoms with Gasteiger partial charge in [-0.3, -0.25) is 0 Å². The van der Waals surface area contributed by atoms with Gasteiger partial charge in [0, 0.05) is 0 Å². The van der Waals surface area contributed by atoms with Crippen molar-refractivity contribution in [1.82, 2.24) is 0 Å². The third-order valence-electron chi connectivity index (χ3n) is 1.79. The average molecular weight is 222 g/mol. The van der Waals surface area contributed by atoms with Gasteiger partial charge in [0.15, 0.2) is 0 Å². The summed E-state index contributed by atoms with van der Waals surface area (Å²) in [5.74, 6) is -0.256. The predicted octanol–water partition coefficient (Wildman–Crippen LogP) is 2.95. The molecular weight excluding hydrogens is 208 g/mol. The summed E-state index contributed by atoms with van der Waals surface area (Å²) in [4.78, 5) is 12.1. The van der Waals surface area contributed by atoms with E-state index in [0.717, 1.165) is 5.56 Å². The second kappa shape index (κ2) is 6.30. The molecule has 0 aliphatic rings. The lowest BCUT2D eigenvalue weighted by Crippen LogP contribution is -2.04. The molecule has 0 N–H and O–H groups in total. The van der Waals surface area contributed by atoms with Crippen LogP contribution < -0.4 is 0 Å². The number of hydrogen-bond donors (Lipinski definition) is 0. The zero-order valence-corrected chi connectivity index (χ0v) is 9.71. The number of carbonyl (C=O) groups is 1. The number of rotatable bonds is 4. The fourth-order valence-corrected chi connectivity index (χ4v) is 1.58. The maximum Gasteiger partial charge on any atom is 0.344 e. The van der Waals surface area contributed by atoms with Gasteiger partial charge in [-0.1, -0.05) is 30.3 Å². The summed E-state index contributed by atoms with van der Waals surface area (Å²) in [7, 11) is 0. The Labute approximate surface area is 94.3 Å². The Morgan fingerprint density at radius 2 is 2.07 bits per heavy atom. The fourth-order valence-electron chi connectivity index (χ4n) is 1.10. The van der Waals surface area contributed by atoms with Crippen LogP contribution in [0.25, 0.3) is 6.08 Å². The van der Waals surface area contributed by atoms with E-state index < -0.39 is 0 Å². The molecule has 1 rings (SSSR count). The van der Waals surface area contributed by atoms with Crippen molar-refractivity contribution in [3.8, 4) is 0 Å². The van der Waals surface area contributed by atoms with E-state index in [4.69, 9.17) is 4.74 Å². The monoisotopic (exact) mass is 222 g/mol. The lowest BCUT2D eigenvalue weighted by molar-refractivity contribution is -0.137. The van der Waals surface area contributed by atoms with Crippen molar-refractivity contribution in [2.24, 2.45) is 0 Å². The predicted molar refractivity (Wildman–Crippen MR) is 64.6 cm³/mol. The van der Waals surface area contributed by atoms with Crippen molar-refractivity contribution in [1.29, 1.82) is 0 Å². The van der Waals surface area contributed by atoms with Crippen LogP contribution in [0.2, 0.25) is 0 Å². The molecule has 0 aliphatic heterocycles. The van der Waals surface area contributed by atoms with Gasteiger partial charge in [0.2, 0.25) is 0 Å². The molecule has 0 saturated carbocycles. The van der Waals surface area contributed by atoms with Crippen molar-refractivity contribution < 1.29 is 9.53 Å². The third-order valence-corrected chi connectivity index (χ3v) is 2.52. The van der Waals surface area contributed by atoms with Crippen LogP contribution in [0.5, 0.6) is 0 Å². The Morgan fingerprint density at radius 3 is 2.60 bits per heavy atom. The lowest BCUT2D eigenvalue weighted by atomic mass is 10.2. The SMILES string of the molecule is CCOC(=O)C(=Cc1ccccc1)SC. The van der Waals surface area contributed by atoms with Crippen LogP contribution in [0.4, 0.5) is 0 Å². The van der Waals surface area contributed by atoms with Gasteiger partial charge in [0.25, 0.3) is 0 Å². The molecule has 1 aromatic carbocycles. The maximum absolute atomic E-state index is 11.5. The molecule has 0 unspecified atom stereocenters. The van der Waals surface area contributed by atoms with E-state index in [1.807, 2.05) is 42.7 Å². The van der Waals surface area contributed by atoms with Gasteiger partial charge in [-0.15, -0.1) is 11.8 Å². The van der Waals surface area contributed by atoms with E-state index in [2.05, 4.69) is 0 Å². The molecule has 3 heteroatoms. The van der Waals surface area contributed by atoms with E-state index in [-0.39, 0.29) is 5.97 Å². The van der Waals surface area contributed by atoms with Gasteiger partial charge >= 0.3 is 5.97 Å². The first kappa shape index (κ1) is 11.9. The highest BCUT2D eigenvalue weighted by Crippen LogP contribution is 2.17. The molecule has 0 heterocycles. The summed E-state index contributed by atoms with van der Waals surface area (Å²) in [6.45, 7) is 2.21. The molecule has 0 amide bonds. The zero-order chi connectivity index (χ0) is 11.1. The summed E-state index contributed by atoms with van der Waals surface area (Å²) < 4.78 is 4.94. The topological polar surface area (TPSA) is 26.3 Å². The smallest absolute Gasteiger partial charge is 0.344 e. The highest BCUT2D eigenvalue weighted by Gasteiger charge is 2.08. The summed E-state index contributed by atoms with van der Waals surface area (Å²) in [5.41, 5.74) is 1.01. The Hall–Kier alpha value is -1.22. The molecule has 0 saturated heterocycles. The van der Waals surface area contributed by atoms with Crippen molar-refractivity contribution in [3.05, 3.63) is 40.8 Å². The lowest BCUT2D eigenvalue weighted by Gasteiger charge is -2.03. The minimum absolute atomic E-state index is 0.256. The molecule has 0 aromatic heterocycles. The first-order valence-corrected chi connectivity index (χ1v) is 5.98. The first-order chi connectivity index (χ1) is 7.27. The van der Waals surface area contributed by atoms with Crippen LogP contribution in [-0.2, 0) is 9.53 Å². The molecule has 15 heavy (non-hydrogen) atoms. The van der Waals surface area contributed by atoms with Crippen LogP contribution in [0, 0.1) is 0 Å². The van der Waals surface area contributed by atoms with Gasteiger partial charge < -0.3 is 4.74 Å². The van der Waals surface area contributed by atoms with Crippen LogP contribution >= 0.6 is 11.8 Å². The summed E-state index contributed by atoms with van der Waals surface area (Å²) >= 11 is 1.40. The quantitative estimate of drug-likeness (QED) is 0.578. The summed E-state index contributed by atoms with van der Waals surface area (Å²) in [6.07, 6.45) is 3.70. The first-order valence-electron chi connectivity index (χ1n) is 4.75. The maximum atomic E-state index is 11.5. The molecule has 0 atom stereocenters. The molecule has 0 spiro atoms. The third kappa shape index (κ3) is 3.80. The minimum atomic E-state index is -0.256. The van der Waals surface area contributed by atoms with Crippen molar-refractivity contribution in [2.45, 2.75) is 6.92 Å². The number of ether oxygens (including phenoxy) is 1. The summed E-state index contributed by atoms with van der Waals surface area (Å²) in [6, 6.07) is 9.73. The molecule has 0 aliphatic carbocycles. The van der Waals surface area contributed by atoms with Gasteiger partial charge in [-0.2, -0.15) is 0 Å². The number of carbonyl (C=O) groups excluding carboxylic acids is 1. The highest BCUT2D eigenvalue weighted by molar-refractivity contribution is 8.03. The largest absolute Gasteiger partial charge is 0.462 e. The van der Waals surface area contributed by atoms with Gasteiger partial charge in [-0.05, 0) is 24.8 Å².